The van der Waals surface area contributed by atoms with Gasteiger partial charge in [-0.2, -0.15) is 0 Å². The average molecular weight is 378 g/mol. The van der Waals surface area contributed by atoms with Crippen molar-refractivity contribution in [2.75, 3.05) is 7.11 Å². The molecule has 1 atom stereocenters. The number of hydrogen-bond acceptors (Lipinski definition) is 3. The van der Waals surface area contributed by atoms with Gasteiger partial charge >= 0.3 is 0 Å². The third kappa shape index (κ3) is 5.26. The van der Waals surface area contributed by atoms with Crippen molar-refractivity contribution in [3.63, 3.8) is 0 Å². The summed E-state index contributed by atoms with van der Waals surface area (Å²) in [7, 11) is 1.67. The third-order valence-electron chi connectivity index (χ3n) is 3.80. The molecule has 0 heterocycles. The van der Waals surface area contributed by atoms with Crippen LogP contribution in [0.25, 0.3) is 0 Å². The third-order valence-corrected chi connectivity index (χ3v) is 4.25. The van der Waals surface area contributed by atoms with Crippen molar-refractivity contribution in [3.05, 3.63) is 58.1 Å². The molecule has 0 aromatic heterocycles. The van der Waals surface area contributed by atoms with Crippen LogP contribution in [0.2, 0.25) is 0 Å². The Bertz CT molecular complexity index is 616. The van der Waals surface area contributed by atoms with Crippen LogP contribution in [0.1, 0.15) is 31.4 Å². The summed E-state index contributed by atoms with van der Waals surface area (Å²) in [6.45, 7) is 5.62. The van der Waals surface area contributed by atoms with Gasteiger partial charge in [0.2, 0.25) is 0 Å². The van der Waals surface area contributed by atoms with E-state index in [0.717, 1.165) is 40.1 Å². The molecule has 2 aromatic carbocycles. The van der Waals surface area contributed by atoms with Crippen LogP contribution in [0, 0.1) is 0 Å². The van der Waals surface area contributed by atoms with Crippen molar-refractivity contribution < 1.29 is 9.47 Å². The molecule has 0 saturated carbocycles. The lowest BCUT2D eigenvalue weighted by Crippen LogP contribution is -2.24. The van der Waals surface area contributed by atoms with Crippen molar-refractivity contribution in [3.8, 4) is 11.5 Å². The summed E-state index contributed by atoms with van der Waals surface area (Å²) in [5, 5.41) is 3.51. The van der Waals surface area contributed by atoms with Crippen molar-refractivity contribution in [1.82, 2.24) is 5.32 Å². The molecule has 0 bridgehead atoms. The SMILES string of the molecule is CC[C@@H](C)NCc1cc(Br)cc(OC)c1OCc1ccccc1. The molecule has 124 valence electrons. The van der Waals surface area contributed by atoms with Gasteiger partial charge in [-0.3, -0.25) is 0 Å². The summed E-state index contributed by atoms with van der Waals surface area (Å²) < 4.78 is 12.6. The van der Waals surface area contributed by atoms with Crippen LogP contribution < -0.4 is 14.8 Å². The minimum atomic E-state index is 0.460. The van der Waals surface area contributed by atoms with E-state index in [1.54, 1.807) is 7.11 Å². The van der Waals surface area contributed by atoms with Crippen LogP contribution in [-0.4, -0.2) is 13.2 Å². The molecule has 0 saturated heterocycles. The number of ether oxygens (including phenoxy) is 2. The van der Waals surface area contributed by atoms with Gasteiger partial charge in [-0.05, 0) is 31.0 Å². The molecule has 1 N–H and O–H groups in total. The van der Waals surface area contributed by atoms with E-state index in [0.29, 0.717) is 12.6 Å². The highest BCUT2D eigenvalue weighted by Gasteiger charge is 2.13. The van der Waals surface area contributed by atoms with Gasteiger partial charge in [0.05, 0.1) is 7.11 Å². The second-order valence-corrected chi connectivity index (χ2v) is 6.48. The van der Waals surface area contributed by atoms with Crippen LogP contribution in [0.15, 0.2) is 46.9 Å². The Labute approximate surface area is 147 Å². The Kier molecular flexibility index (Phi) is 6.93. The van der Waals surface area contributed by atoms with Crippen molar-refractivity contribution in [1.29, 1.82) is 0 Å². The first-order valence-corrected chi connectivity index (χ1v) is 8.69. The first kappa shape index (κ1) is 17.8. The maximum Gasteiger partial charge on any atom is 0.166 e. The van der Waals surface area contributed by atoms with E-state index >= 15 is 0 Å². The number of nitrogens with one attached hydrogen (secondary N) is 1. The van der Waals surface area contributed by atoms with E-state index in [2.05, 4.69) is 53.3 Å². The second kappa shape index (κ2) is 8.94. The summed E-state index contributed by atoms with van der Waals surface area (Å²) in [6, 6.07) is 14.6. The molecule has 0 aliphatic heterocycles. The molecule has 0 aliphatic rings. The molecule has 4 heteroatoms. The monoisotopic (exact) mass is 377 g/mol. The molecule has 2 aromatic rings. The summed E-state index contributed by atoms with van der Waals surface area (Å²) in [4.78, 5) is 0. The zero-order valence-corrected chi connectivity index (χ0v) is 15.5. The lowest BCUT2D eigenvalue weighted by Gasteiger charge is -2.18. The first-order chi connectivity index (χ1) is 11.1. The van der Waals surface area contributed by atoms with E-state index in [-0.39, 0.29) is 0 Å². The first-order valence-electron chi connectivity index (χ1n) is 7.90. The van der Waals surface area contributed by atoms with E-state index < -0.39 is 0 Å². The van der Waals surface area contributed by atoms with Gasteiger partial charge < -0.3 is 14.8 Å². The van der Waals surface area contributed by atoms with Gasteiger partial charge in [0.25, 0.3) is 0 Å². The lowest BCUT2D eigenvalue weighted by atomic mass is 10.1. The topological polar surface area (TPSA) is 30.5 Å². The van der Waals surface area contributed by atoms with Gasteiger partial charge in [-0.15, -0.1) is 0 Å². The van der Waals surface area contributed by atoms with E-state index in [1.807, 2.05) is 24.3 Å². The van der Waals surface area contributed by atoms with Gasteiger partial charge in [0.1, 0.15) is 6.61 Å². The highest BCUT2D eigenvalue weighted by Crippen LogP contribution is 2.35. The minimum absolute atomic E-state index is 0.460. The highest BCUT2D eigenvalue weighted by molar-refractivity contribution is 9.10. The van der Waals surface area contributed by atoms with Crippen molar-refractivity contribution >= 4 is 15.9 Å². The second-order valence-electron chi connectivity index (χ2n) is 5.56. The lowest BCUT2D eigenvalue weighted by molar-refractivity contribution is 0.280. The molecule has 0 amide bonds. The summed E-state index contributed by atoms with van der Waals surface area (Å²) in [6.07, 6.45) is 1.09. The summed E-state index contributed by atoms with van der Waals surface area (Å²) >= 11 is 3.54. The Morgan fingerprint density at radius 1 is 1.17 bits per heavy atom. The van der Waals surface area contributed by atoms with Crippen molar-refractivity contribution in [2.45, 2.75) is 39.5 Å². The summed E-state index contributed by atoms with van der Waals surface area (Å²) in [5.74, 6) is 1.55. The molecule has 0 spiro atoms. The maximum atomic E-state index is 6.08. The smallest absolute Gasteiger partial charge is 0.166 e. The molecule has 2 rings (SSSR count). The predicted octanol–water partition coefficient (Wildman–Crippen LogP) is 4.92. The van der Waals surface area contributed by atoms with E-state index in [1.165, 1.54) is 0 Å². The zero-order valence-electron chi connectivity index (χ0n) is 13.9. The number of hydrogen-bond donors (Lipinski definition) is 1. The molecule has 0 unspecified atom stereocenters. The van der Waals surface area contributed by atoms with Gasteiger partial charge in [0.15, 0.2) is 11.5 Å². The quantitative estimate of drug-likeness (QED) is 0.707. The van der Waals surface area contributed by atoms with Crippen LogP contribution in [-0.2, 0) is 13.2 Å². The summed E-state index contributed by atoms with van der Waals surface area (Å²) in [5.41, 5.74) is 2.23. The largest absolute Gasteiger partial charge is 0.493 e. The molecular weight excluding hydrogens is 354 g/mol. The fourth-order valence-corrected chi connectivity index (χ4v) is 2.71. The van der Waals surface area contributed by atoms with Gasteiger partial charge in [-0.1, -0.05) is 53.2 Å². The Morgan fingerprint density at radius 3 is 2.57 bits per heavy atom. The number of benzene rings is 2. The van der Waals surface area contributed by atoms with E-state index in [4.69, 9.17) is 9.47 Å². The number of rotatable bonds is 8. The van der Waals surface area contributed by atoms with Crippen molar-refractivity contribution in [2.24, 2.45) is 0 Å². The molecular formula is C19H24BrNO2. The maximum absolute atomic E-state index is 6.08. The normalized spacial score (nSPS) is 12.0. The number of methoxy groups -OCH3 is 1. The number of halogens is 1. The highest BCUT2D eigenvalue weighted by atomic mass is 79.9. The van der Waals surface area contributed by atoms with Crippen LogP contribution >= 0.6 is 15.9 Å². The van der Waals surface area contributed by atoms with Crippen LogP contribution in [0.5, 0.6) is 11.5 Å². The van der Waals surface area contributed by atoms with E-state index in [9.17, 15) is 0 Å². The molecule has 0 radical (unpaired) electrons. The Morgan fingerprint density at radius 2 is 1.91 bits per heavy atom. The fraction of sp³-hybridized carbons (Fsp3) is 0.368. The van der Waals surface area contributed by atoms with Crippen LogP contribution in [0.4, 0.5) is 0 Å². The van der Waals surface area contributed by atoms with Crippen LogP contribution in [0.3, 0.4) is 0 Å². The average Bonchev–Trinajstić information content (AvgIpc) is 2.58. The molecule has 3 nitrogen and oxygen atoms in total. The van der Waals surface area contributed by atoms with Gasteiger partial charge in [0, 0.05) is 22.6 Å². The molecule has 0 fully saturated rings. The standard InChI is InChI=1S/C19H24BrNO2/c1-4-14(2)21-12-16-10-17(20)11-18(22-3)19(16)23-13-15-8-6-5-7-9-15/h5-11,14,21H,4,12-13H2,1-3H3/t14-/m1/s1. The Hall–Kier alpha value is -1.52. The fourth-order valence-electron chi connectivity index (χ4n) is 2.23. The Balaban J connectivity index is 2.20. The minimum Gasteiger partial charge on any atom is -0.493 e. The predicted molar refractivity (Wildman–Crippen MR) is 98.1 cm³/mol. The molecule has 0 aliphatic carbocycles. The molecule has 23 heavy (non-hydrogen) atoms. The van der Waals surface area contributed by atoms with Gasteiger partial charge in [-0.25, -0.2) is 0 Å². The zero-order chi connectivity index (χ0) is 16.7.